The van der Waals surface area contributed by atoms with Crippen molar-refractivity contribution in [2.45, 2.75) is 6.61 Å². The summed E-state index contributed by atoms with van der Waals surface area (Å²) in [5.74, 6) is 0. The largest absolute Gasteiger partial charge is 0.380 e. The molecule has 2 nitrogen and oxygen atoms in total. The lowest BCUT2D eigenvalue weighted by Gasteiger charge is -2.01. The molecule has 1 aromatic carbocycles. The molecule has 13 heavy (non-hydrogen) atoms. The zero-order chi connectivity index (χ0) is 9.10. The Kier molecular flexibility index (Phi) is 2.23. The zero-order valence-electron chi connectivity index (χ0n) is 7.53. The molecule has 1 heterocycles. The number of rotatable bonds is 2. The van der Waals surface area contributed by atoms with Gasteiger partial charge in [0.05, 0.1) is 6.61 Å². The number of fused-ring (bicyclic) bond motifs is 1. The van der Waals surface area contributed by atoms with Crippen molar-refractivity contribution in [3.05, 3.63) is 42.2 Å². The molecule has 0 radical (unpaired) electrons. The first-order valence-electron chi connectivity index (χ1n) is 4.22. The zero-order valence-corrected chi connectivity index (χ0v) is 7.53. The number of methoxy groups -OCH3 is 1. The fourth-order valence-electron chi connectivity index (χ4n) is 1.39. The summed E-state index contributed by atoms with van der Waals surface area (Å²) < 4.78 is 5.06. The third kappa shape index (κ3) is 1.68. The van der Waals surface area contributed by atoms with Gasteiger partial charge >= 0.3 is 0 Å². The Labute approximate surface area is 77.2 Å². The summed E-state index contributed by atoms with van der Waals surface area (Å²) in [4.78, 5) is 4.06. The normalized spacial score (nSPS) is 10.5. The van der Waals surface area contributed by atoms with Crippen molar-refractivity contribution < 1.29 is 4.74 Å². The monoisotopic (exact) mass is 173 g/mol. The smallest absolute Gasteiger partial charge is 0.0713 e. The minimum absolute atomic E-state index is 0.665. The van der Waals surface area contributed by atoms with Gasteiger partial charge in [0.25, 0.3) is 0 Å². The number of pyridine rings is 1. The summed E-state index contributed by atoms with van der Waals surface area (Å²) in [6.07, 6.45) is 3.67. The molecule has 2 aromatic rings. The molecule has 0 fully saturated rings. The second-order valence-corrected chi connectivity index (χ2v) is 2.99. The summed E-state index contributed by atoms with van der Waals surface area (Å²) in [6, 6.07) is 8.26. The van der Waals surface area contributed by atoms with Gasteiger partial charge in [-0.2, -0.15) is 0 Å². The van der Waals surface area contributed by atoms with Crippen LogP contribution in [0.3, 0.4) is 0 Å². The van der Waals surface area contributed by atoms with Gasteiger partial charge in [0.1, 0.15) is 0 Å². The Morgan fingerprint density at radius 2 is 2.15 bits per heavy atom. The highest BCUT2D eigenvalue weighted by Gasteiger charge is 1.94. The maximum absolute atomic E-state index is 5.06. The van der Waals surface area contributed by atoms with Crippen LogP contribution >= 0.6 is 0 Å². The van der Waals surface area contributed by atoms with Crippen LogP contribution in [0.15, 0.2) is 36.7 Å². The van der Waals surface area contributed by atoms with E-state index in [9.17, 15) is 0 Å². The van der Waals surface area contributed by atoms with Crippen molar-refractivity contribution in [3.8, 4) is 0 Å². The molecule has 66 valence electrons. The standard InChI is InChI=1S/C11H11NO/c1-13-8-9-2-3-11-7-12-5-4-10(11)6-9/h2-7H,8H2,1H3. The highest BCUT2D eigenvalue weighted by atomic mass is 16.5. The van der Waals surface area contributed by atoms with E-state index in [0.29, 0.717) is 6.61 Å². The molecule has 0 aliphatic heterocycles. The van der Waals surface area contributed by atoms with Gasteiger partial charge < -0.3 is 4.74 Å². The molecule has 0 saturated heterocycles. The number of benzene rings is 1. The molecule has 0 amide bonds. The van der Waals surface area contributed by atoms with Gasteiger partial charge in [0.15, 0.2) is 0 Å². The summed E-state index contributed by atoms with van der Waals surface area (Å²) in [6.45, 7) is 0.665. The first-order chi connectivity index (χ1) is 6.40. The van der Waals surface area contributed by atoms with Crippen molar-refractivity contribution >= 4 is 10.8 Å². The van der Waals surface area contributed by atoms with E-state index in [2.05, 4.69) is 23.2 Å². The van der Waals surface area contributed by atoms with Crippen molar-refractivity contribution in [2.24, 2.45) is 0 Å². The molecule has 0 unspecified atom stereocenters. The SMILES string of the molecule is COCc1ccc2cnccc2c1. The van der Waals surface area contributed by atoms with Crippen molar-refractivity contribution in [1.29, 1.82) is 0 Å². The van der Waals surface area contributed by atoms with Gasteiger partial charge in [-0.1, -0.05) is 12.1 Å². The fourth-order valence-corrected chi connectivity index (χ4v) is 1.39. The van der Waals surface area contributed by atoms with Crippen LogP contribution in [0.2, 0.25) is 0 Å². The van der Waals surface area contributed by atoms with E-state index in [1.165, 1.54) is 16.3 Å². The Morgan fingerprint density at radius 1 is 1.23 bits per heavy atom. The Hall–Kier alpha value is -1.41. The van der Waals surface area contributed by atoms with Gasteiger partial charge in [-0.05, 0) is 23.1 Å². The quantitative estimate of drug-likeness (QED) is 0.695. The van der Waals surface area contributed by atoms with E-state index in [0.717, 1.165) is 0 Å². The molecule has 0 N–H and O–H groups in total. The minimum atomic E-state index is 0.665. The maximum atomic E-state index is 5.06. The third-order valence-electron chi connectivity index (χ3n) is 2.02. The summed E-state index contributed by atoms with van der Waals surface area (Å²) in [5, 5.41) is 2.38. The van der Waals surface area contributed by atoms with Crippen molar-refractivity contribution in [3.63, 3.8) is 0 Å². The number of aromatic nitrogens is 1. The van der Waals surface area contributed by atoms with Crippen molar-refractivity contribution in [2.75, 3.05) is 7.11 Å². The molecular weight excluding hydrogens is 162 g/mol. The van der Waals surface area contributed by atoms with E-state index in [-0.39, 0.29) is 0 Å². The number of hydrogen-bond donors (Lipinski definition) is 0. The molecule has 0 aliphatic rings. The van der Waals surface area contributed by atoms with Crippen LogP contribution < -0.4 is 0 Å². The Balaban J connectivity index is 2.49. The molecule has 2 rings (SSSR count). The van der Waals surface area contributed by atoms with Gasteiger partial charge in [-0.3, -0.25) is 4.98 Å². The summed E-state index contributed by atoms with van der Waals surface area (Å²) in [7, 11) is 1.71. The topological polar surface area (TPSA) is 22.1 Å². The number of nitrogens with zero attached hydrogens (tertiary/aromatic N) is 1. The van der Waals surface area contributed by atoms with Crippen LogP contribution in [0.1, 0.15) is 5.56 Å². The van der Waals surface area contributed by atoms with Crippen LogP contribution in [-0.2, 0) is 11.3 Å². The molecule has 0 aliphatic carbocycles. The van der Waals surface area contributed by atoms with E-state index in [4.69, 9.17) is 4.74 Å². The third-order valence-corrected chi connectivity index (χ3v) is 2.02. The summed E-state index contributed by atoms with van der Waals surface area (Å²) >= 11 is 0. The Bertz CT molecular complexity index is 412. The second kappa shape index (κ2) is 3.54. The average Bonchev–Trinajstić information content (AvgIpc) is 2.18. The van der Waals surface area contributed by atoms with Crippen LogP contribution in [0, 0.1) is 0 Å². The Morgan fingerprint density at radius 3 is 3.00 bits per heavy atom. The number of ether oxygens (including phenoxy) is 1. The van der Waals surface area contributed by atoms with Gasteiger partial charge in [0, 0.05) is 24.9 Å². The predicted octanol–water partition coefficient (Wildman–Crippen LogP) is 2.38. The van der Waals surface area contributed by atoms with Gasteiger partial charge in [-0.15, -0.1) is 0 Å². The van der Waals surface area contributed by atoms with Gasteiger partial charge in [-0.25, -0.2) is 0 Å². The van der Waals surface area contributed by atoms with Crippen LogP contribution in [0.4, 0.5) is 0 Å². The molecule has 0 bridgehead atoms. The molecule has 0 spiro atoms. The lowest BCUT2D eigenvalue weighted by molar-refractivity contribution is 0.185. The first-order valence-corrected chi connectivity index (χ1v) is 4.22. The van der Waals surface area contributed by atoms with Crippen LogP contribution in [-0.4, -0.2) is 12.1 Å². The maximum Gasteiger partial charge on any atom is 0.0713 e. The molecule has 1 aromatic heterocycles. The van der Waals surface area contributed by atoms with E-state index in [1.807, 2.05) is 12.3 Å². The predicted molar refractivity (Wildman–Crippen MR) is 52.5 cm³/mol. The van der Waals surface area contributed by atoms with E-state index < -0.39 is 0 Å². The second-order valence-electron chi connectivity index (χ2n) is 2.99. The molecular formula is C11H11NO. The molecule has 0 saturated carbocycles. The fraction of sp³-hybridized carbons (Fsp3) is 0.182. The lowest BCUT2D eigenvalue weighted by Crippen LogP contribution is -1.86. The van der Waals surface area contributed by atoms with Crippen molar-refractivity contribution in [1.82, 2.24) is 4.98 Å². The molecule has 2 heteroatoms. The van der Waals surface area contributed by atoms with Crippen LogP contribution in [0.5, 0.6) is 0 Å². The van der Waals surface area contributed by atoms with Crippen LogP contribution in [0.25, 0.3) is 10.8 Å². The van der Waals surface area contributed by atoms with Gasteiger partial charge in [0.2, 0.25) is 0 Å². The highest BCUT2D eigenvalue weighted by Crippen LogP contribution is 2.14. The van der Waals surface area contributed by atoms with E-state index >= 15 is 0 Å². The molecule has 0 atom stereocenters. The average molecular weight is 173 g/mol. The van der Waals surface area contributed by atoms with E-state index in [1.54, 1.807) is 13.3 Å². The highest BCUT2D eigenvalue weighted by molar-refractivity contribution is 5.81. The first kappa shape index (κ1) is 8.20. The lowest BCUT2D eigenvalue weighted by atomic mass is 10.1. The minimum Gasteiger partial charge on any atom is -0.380 e. The summed E-state index contributed by atoms with van der Waals surface area (Å²) in [5.41, 5.74) is 1.20. The number of hydrogen-bond acceptors (Lipinski definition) is 2.